The fraction of sp³-hybridized carbons (Fsp3) is 0.0909. The van der Waals surface area contributed by atoms with Gasteiger partial charge >= 0.3 is 0 Å². The van der Waals surface area contributed by atoms with Crippen molar-refractivity contribution >= 4 is 21.6 Å². The molecule has 1 heterocycles. The number of benzene rings is 1. The van der Waals surface area contributed by atoms with E-state index in [4.69, 9.17) is 0 Å². The van der Waals surface area contributed by atoms with Crippen molar-refractivity contribution in [3.8, 4) is 0 Å². The van der Waals surface area contributed by atoms with Gasteiger partial charge in [-0.2, -0.15) is 0 Å². The van der Waals surface area contributed by atoms with Crippen LogP contribution in [0.4, 0.5) is 5.69 Å². The van der Waals surface area contributed by atoms with Crippen LogP contribution in [-0.4, -0.2) is 9.97 Å². The molecule has 0 bridgehead atoms. The molecular formula is C11H10BrN3. The summed E-state index contributed by atoms with van der Waals surface area (Å²) in [7, 11) is 0. The van der Waals surface area contributed by atoms with Crippen LogP contribution in [0.25, 0.3) is 0 Å². The minimum atomic E-state index is 0.726. The van der Waals surface area contributed by atoms with E-state index >= 15 is 0 Å². The Balaban J connectivity index is 2.03. The Bertz CT molecular complexity index is 431. The fourth-order valence-corrected chi connectivity index (χ4v) is 1.65. The number of anilines is 1. The summed E-state index contributed by atoms with van der Waals surface area (Å²) in [5.74, 6) is 0. The molecule has 0 unspecified atom stereocenters. The molecule has 1 aromatic heterocycles. The van der Waals surface area contributed by atoms with Gasteiger partial charge in [-0.15, -0.1) is 0 Å². The third-order valence-corrected chi connectivity index (χ3v) is 2.66. The van der Waals surface area contributed by atoms with E-state index in [1.165, 1.54) is 6.33 Å². The van der Waals surface area contributed by atoms with Gasteiger partial charge in [0.05, 0.1) is 0 Å². The number of aromatic nitrogens is 2. The highest BCUT2D eigenvalue weighted by molar-refractivity contribution is 9.10. The zero-order valence-electron chi connectivity index (χ0n) is 8.02. The molecule has 1 aromatic carbocycles. The van der Waals surface area contributed by atoms with Gasteiger partial charge in [0.2, 0.25) is 0 Å². The standard InChI is InChI=1S/C11H10BrN3/c12-10-3-1-2-4-11(10)15-7-9-5-13-8-14-6-9/h1-6,8,15H,7H2. The van der Waals surface area contributed by atoms with Crippen molar-refractivity contribution in [2.24, 2.45) is 0 Å². The second-order valence-corrected chi connectivity index (χ2v) is 3.93. The zero-order chi connectivity index (χ0) is 10.5. The molecule has 0 aliphatic heterocycles. The van der Waals surface area contributed by atoms with Gasteiger partial charge in [0.25, 0.3) is 0 Å². The highest BCUT2D eigenvalue weighted by Crippen LogP contribution is 2.21. The van der Waals surface area contributed by atoms with Crippen molar-refractivity contribution in [3.05, 3.63) is 53.0 Å². The van der Waals surface area contributed by atoms with Crippen LogP contribution in [0, 0.1) is 0 Å². The summed E-state index contributed by atoms with van der Waals surface area (Å²) in [6.45, 7) is 0.726. The molecule has 3 nitrogen and oxygen atoms in total. The minimum Gasteiger partial charge on any atom is -0.380 e. The first-order valence-corrected chi connectivity index (χ1v) is 5.38. The highest BCUT2D eigenvalue weighted by Gasteiger charge is 1.97. The maximum atomic E-state index is 3.96. The molecule has 1 N–H and O–H groups in total. The summed E-state index contributed by atoms with van der Waals surface area (Å²) in [6, 6.07) is 8.01. The molecule has 2 aromatic rings. The number of nitrogens with one attached hydrogen (secondary N) is 1. The smallest absolute Gasteiger partial charge is 0.115 e. The SMILES string of the molecule is Brc1ccccc1NCc1cncnc1. The lowest BCUT2D eigenvalue weighted by atomic mass is 10.3. The van der Waals surface area contributed by atoms with Crippen LogP contribution in [0.1, 0.15) is 5.56 Å². The van der Waals surface area contributed by atoms with Crippen molar-refractivity contribution in [1.82, 2.24) is 9.97 Å². The molecule has 0 atom stereocenters. The first-order valence-electron chi connectivity index (χ1n) is 4.58. The quantitative estimate of drug-likeness (QED) is 0.926. The number of hydrogen-bond acceptors (Lipinski definition) is 3. The van der Waals surface area contributed by atoms with Gasteiger partial charge in [0.15, 0.2) is 0 Å². The van der Waals surface area contributed by atoms with Gasteiger partial charge in [-0.05, 0) is 28.1 Å². The van der Waals surface area contributed by atoms with E-state index in [0.717, 1.165) is 22.3 Å². The van der Waals surface area contributed by atoms with Gasteiger partial charge in [0, 0.05) is 34.7 Å². The summed E-state index contributed by atoms with van der Waals surface area (Å²) >= 11 is 3.48. The van der Waals surface area contributed by atoms with E-state index in [1.54, 1.807) is 12.4 Å². The number of para-hydroxylation sites is 1. The average Bonchev–Trinajstić information content (AvgIpc) is 2.29. The molecule has 0 fully saturated rings. The van der Waals surface area contributed by atoms with Crippen LogP contribution in [0.5, 0.6) is 0 Å². The summed E-state index contributed by atoms with van der Waals surface area (Å²) in [5.41, 5.74) is 2.13. The van der Waals surface area contributed by atoms with Crippen molar-refractivity contribution < 1.29 is 0 Å². The zero-order valence-corrected chi connectivity index (χ0v) is 9.61. The molecule has 0 aliphatic carbocycles. The van der Waals surface area contributed by atoms with Crippen LogP contribution in [-0.2, 0) is 6.54 Å². The lowest BCUT2D eigenvalue weighted by molar-refractivity contribution is 1.05. The Hall–Kier alpha value is -1.42. The second-order valence-electron chi connectivity index (χ2n) is 3.08. The molecular weight excluding hydrogens is 254 g/mol. The third-order valence-electron chi connectivity index (χ3n) is 1.97. The lowest BCUT2D eigenvalue weighted by Crippen LogP contribution is -2.00. The largest absolute Gasteiger partial charge is 0.380 e. The van der Waals surface area contributed by atoms with Crippen molar-refractivity contribution in [2.75, 3.05) is 5.32 Å². The van der Waals surface area contributed by atoms with E-state index in [-0.39, 0.29) is 0 Å². The molecule has 2 rings (SSSR count). The van der Waals surface area contributed by atoms with Gasteiger partial charge in [0.1, 0.15) is 6.33 Å². The van der Waals surface area contributed by atoms with E-state index in [1.807, 2.05) is 24.3 Å². The molecule has 0 spiro atoms. The normalized spacial score (nSPS) is 9.93. The predicted octanol–water partition coefficient (Wildman–Crippen LogP) is 2.85. The molecule has 0 saturated heterocycles. The van der Waals surface area contributed by atoms with E-state index < -0.39 is 0 Å². The van der Waals surface area contributed by atoms with E-state index in [2.05, 4.69) is 31.2 Å². The lowest BCUT2D eigenvalue weighted by Gasteiger charge is -2.07. The first kappa shape index (κ1) is 10.1. The fourth-order valence-electron chi connectivity index (χ4n) is 1.22. The van der Waals surface area contributed by atoms with E-state index in [9.17, 15) is 0 Å². The van der Waals surface area contributed by atoms with Gasteiger partial charge in [-0.3, -0.25) is 0 Å². The summed E-state index contributed by atoms with van der Waals surface area (Å²) in [4.78, 5) is 7.91. The average molecular weight is 264 g/mol. The van der Waals surface area contributed by atoms with Crippen molar-refractivity contribution in [1.29, 1.82) is 0 Å². The Morgan fingerprint density at radius 1 is 1.13 bits per heavy atom. The number of hydrogen-bond donors (Lipinski definition) is 1. The van der Waals surface area contributed by atoms with Crippen molar-refractivity contribution in [2.45, 2.75) is 6.54 Å². The Labute approximate surface area is 96.7 Å². The van der Waals surface area contributed by atoms with Crippen molar-refractivity contribution in [3.63, 3.8) is 0 Å². The van der Waals surface area contributed by atoms with Gasteiger partial charge in [-0.1, -0.05) is 12.1 Å². The molecule has 0 aliphatic rings. The maximum absolute atomic E-state index is 3.96. The predicted molar refractivity (Wildman–Crippen MR) is 63.5 cm³/mol. The van der Waals surface area contributed by atoms with Gasteiger partial charge in [-0.25, -0.2) is 9.97 Å². The number of rotatable bonds is 3. The Kier molecular flexibility index (Phi) is 3.29. The molecule has 0 saturated carbocycles. The monoisotopic (exact) mass is 263 g/mol. The van der Waals surface area contributed by atoms with Crippen LogP contribution < -0.4 is 5.32 Å². The second kappa shape index (κ2) is 4.89. The minimum absolute atomic E-state index is 0.726. The summed E-state index contributed by atoms with van der Waals surface area (Å²) in [6.07, 6.45) is 5.13. The van der Waals surface area contributed by atoms with Crippen LogP contribution >= 0.6 is 15.9 Å². The maximum Gasteiger partial charge on any atom is 0.115 e. The Morgan fingerprint density at radius 3 is 2.60 bits per heavy atom. The molecule has 15 heavy (non-hydrogen) atoms. The molecule has 76 valence electrons. The topological polar surface area (TPSA) is 37.8 Å². The van der Waals surface area contributed by atoms with E-state index in [0.29, 0.717) is 0 Å². The first-order chi connectivity index (χ1) is 7.36. The molecule has 4 heteroatoms. The molecule has 0 amide bonds. The number of halogens is 1. The van der Waals surface area contributed by atoms with Crippen LogP contribution in [0.3, 0.4) is 0 Å². The summed E-state index contributed by atoms with van der Waals surface area (Å²) < 4.78 is 1.06. The number of nitrogens with zero attached hydrogens (tertiary/aromatic N) is 2. The molecule has 0 radical (unpaired) electrons. The highest BCUT2D eigenvalue weighted by atomic mass is 79.9. The summed E-state index contributed by atoms with van der Waals surface area (Å²) in [5, 5.41) is 3.30. The van der Waals surface area contributed by atoms with Gasteiger partial charge < -0.3 is 5.32 Å². The third kappa shape index (κ3) is 2.76. The van der Waals surface area contributed by atoms with Crippen LogP contribution in [0.15, 0.2) is 47.5 Å². The van der Waals surface area contributed by atoms with Crippen LogP contribution in [0.2, 0.25) is 0 Å². The Morgan fingerprint density at radius 2 is 1.87 bits per heavy atom.